The molecule has 1 fully saturated rings. The minimum Gasteiger partial charge on any atom is -0.268 e. The number of aryl methyl sites for hydroxylation is 1. The predicted octanol–water partition coefficient (Wildman–Crippen LogP) is 3.06. The average Bonchev–Trinajstić information content (AvgIpc) is 2.26. The lowest BCUT2D eigenvalue weighted by molar-refractivity contribution is 0.264. The molecule has 0 saturated heterocycles. The molecule has 0 bridgehead atoms. The number of aromatic nitrogens is 2. The second kappa shape index (κ2) is 3.45. The van der Waals surface area contributed by atoms with E-state index >= 15 is 0 Å². The first-order valence-electron chi connectivity index (χ1n) is 4.88. The van der Waals surface area contributed by atoms with Crippen LogP contribution in [0.4, 0.5) is 0 Å². The van der Waals surface area contributed by atoms with Gasteiger partial charge in [-0.3, -0.25) is 4.68 Å². The summed E-state index contributed by atoms with van der Waals surface area (Å²) in [5, 5.41) is 4.50. The van der Waals surface area contributed by atoms with Crippen LogP contribution in [0.3, 0.4) is 0 Å². The zero-order valence-corrected chi connectivity index (χ0v) is 9.76. The first-order chi connectivity index (χ1) is 6.18. The average molecular weight is 243 g/mol. The Morgan fingerprint density at radius 3 is 2.54 bits per heavy atom. The molecule has 0 unspecified atom stereocenters. The van der Waals surface area contributed by atoms with Gasteiger partial charge in [0.05, 0.1) is 10.2 Å². The van der Waals surface area contributed by atoms with Gasteiger partial charge in [-0.1, -0.05) is 6.42 Å². The van der Waals surface area contributed by atoms with Crippen molar-refractivity contribution in [3.63, 3.8) is 0 Å². The van der Waals surface area contributed by atoms with E-state index in [1.807, 2.05) is 6.92 Å². The van der Waals surface area contributed by atoms with E-state index in [2.05, 4.69) is 32.6 Å². The number of nitrogens with zero attached hydrogens (tertiary/aromatic N) is 2. The summed E-state index contributed by atoms with van der Waals surface area (Å²) >= 11 is 3.55. The third-order valence-electron chi connectivity index (χ3n) is 2.95. The fourth-order valence-corrected chi connectivity index (χ4v) is 2.06. The fourth-order valence-electron chi connectivity index (χ4n) is 1.77. The molecule has 1 aliphatic rings. The molecule has 1 aliphatic carbocycles. The van der Waals surface area contributed by atoms with Crippen LogP contribution < -0.4 is 0 Å². The molecule has 1 aromatic rings. The molecular weight excluding hydrogens is 228 g/mol. The lowest BCUT2D eigenvalue weighted by atomic mass is 9.85. The largest absolute Gasteiger partial charge is 0.268 e. The third-order valence-corrected chi connectivity index (χ3v) is 4.10. The number of hydrogen-bond acceptors (Lipinski definition) is 1. The number of halogens is 1. The Morgan fingerprint density at radius 1 is 1.46 bits per heavy atom. The molecule has 0 N–H and O–H groups in total. The smallest absolute Gasteiger partial charge is 0.0738 e. The first-order valence-corrected chi connectivity index (χ1v) is 5.67. The van der Waals surface area contributed by atoms with E-state index in [0.717, 1.165) is 18.2 Å². The van der Waals surface area contributed by atoms with Gasteiger partial charge >= 0.3 is 0 Å². The third kappa shape index (κ3) is 1.66. The van der Waals surface area contributed by atoms with Gasteiger partial charge in [0.15, 0.2) is 0 Å². The van der Waals surface area contributed by atoms with E-state index in [0.29, 0.717) is 0 Å². The van der Waals surface area contributed by atoms with Gasteiger partial charge in [-0.15, -0.1) is 0 Å². The zero-order chi connectivity index (χ0) is 9.42. The Kier molecular flexibility index (Phi) is 2.45. The van der Waals surface area contributed by atoms with Crippen LogP contribution >= 0.6 is 15.9 Å². The van der Waals surface area contributed by atoms with Gasteiger partial charge < -0.3 is 0 Å². The molecule has 1 aromatic heterocycles. The van der Waals surface area contributed by atoms with Crippen molar-refractivity contribution in [3.8, 4) is 0 Å². The Bertz CT molecular complexity index is 313. The van der Waals surface area contributed by atoms with Gasteiger partial charge in [-0.2, -0.15) is 5.10 Å². The van der Waals surface area contributed by atoms with Crippen molar-refractivity contribution in [2.75, 3.05) is 0 Å². The standard InChI is InChI=1S/C10H15BrN2/c1-7-10(11)8(2)13(12-7)6-9-4-3-5-9/h9H,3-6H2,1-2H3. The van der Waals surface area contributed by atoms with Crippen molar-refractivity contribution in [3.05, 3.63) is 15.9 Å². The Labute approximate surface area is 87.5 Å². The van der Waals surface area contributed by atoms with Crippen LogP contribution in [0, 0.1) is 19.8 Å². The molecule has 2 rings (SSSR count). The minimum absolute atomic E-state index is 0.880. The van der Waals surface area contributed by atoms with Gasteiger partial charge in [0.2, 0.25) is 0 Å². The van der Waals surface area contributed by atoms with E-state index in [9.17, 15) is 0 Å². The molecule has 0 atom stereocenters. The van der Waals surface area contributed by atoms with E-state index in [1.54, 1.807) is 0 Å². The van der Waals surface area contributed by atoms with Crippen LogP contribution in [0.2, 0.25) is 0 Å². The summed E-state index contributed by atoms with van der Waals surface area (Å²) in [6.07, 6.45) is 4.18. The van der Waals surface area contributed by atoms with Gasteiger partial charge in [-0.05, 0) is 48.5 Å². The van der Waals surface area contributed by atoms with Crippen molar-refractivity contribution in [1.29, 1.82) is 0 Å². The molecule has 2 nitrogen and oxygen atoms in total. The van der Waals surface area contributed by atoms with Crippen molar-refractivity contribution < 1.29 is 0 Å². The highest BCUT2D eigenvalue weighted by Gasteiger charge is 2.19. The molecule has 0 spiro atoms. The summed E-state index contributed by atoms with van der Waals surface area (Å²) in [5.74, 6) is 0.880. The van der Waals surface area contributed by atoms with Gasteiger partial charge in [0.25, 0.3) is 0 Å². The second-order valence-corrected chi connectivity index (χ2v) is 4.76. The maximum atomic E-state index is 4.50. The Morgan fingerprint density at radius 2 is 2.15 bits per heavy atom. The second-order valence-electron chi connectivity index (χ2n) is 3.96. The molecule has 0 aliphatic heterocycles. The summed E-state index contributed by atoms with van der Waals surface area (Å²) in [7, 11) is 0. The van der Waals surface area contributed by atoms with Crippen molar-refractivity contribution in [2.24, 2.45) is 5.92 Å². The van der Waals surface area contributed by atoms with Gasteiger partial charge in [0, 0.05) is 12.2 Å². The van der Waals surface area contributed by atoms with Crippen molar-refractivity contribution in [2.45, 2.75) is 39.7 Å². The van der Waals surface area contributed by atoms with Crippen LogP contribution in [0.15, 0.2) is 4.47 Å². The molecule has 3 heteroatoms. The van der Waals surface area contributed by atoms with Crippen LogP contribution in [0.25, 0.3) is 0 Å². The van der Waals surface area contributed by atoms with Crippen LogP contribution in [0.1, 0.15) is 30.7 Å². The van der Waals surface area contributed by atoms with Gasteiger partial charge in [-0.25, -0.2) is 0 Å². The number of rotatable bonds is 2. The zero-order valence-electron chi connectivity index (χ0n) is 8.18. The highest BCUT2D eigenvalue weighted by atomic mass is 79.9. The quantitative estimate of drug-likeness (QED) is 0.780. The molecule has 0 radical (unpaired) electrons. The summed E-state index contributed by atoms with van der Waals surface area (Å²) < 4.78 is 3.32. The van der Waals surface area contributed by atoms with Crippen molar-refractivity contribution >= 4 is 15.9 Å². The van der Waals surface area contributed by atoms with E-state index in [1.165, 1.54) is 29.4 Å². The summed E-state index contributed by atoms with van der Waals surface area (Å²) in [6, 6.07) is 0. The SMILES string of the molecule is Cc1nn(CC2CCC2)c(C)c1Br. The molecule has 1 saturated carbocycles. The fraction of sp³-hybridized carbons (Fsp3) is 0.700. The van der Waals surface area contributed by atoms with Gasteiger partial charge in [0.1, 0.15) is 0 Å². The lowest BCUT2D eigenvalue weighted by Gasteiger charge is -2.25. The first kappa shape index (κ1) is 9.25. The molecular formula is C10H15BrN2. The highest BCUT2D eigenvalue weighted by Crippen LogP contribution is 2.29. The van der Waals surface area contributed by atoms with Crippen molar-refractivity contribution in [1.82, 2.24) is 9.78 Å². The molecule has 1 heterocycles. The predicted molar refractivity (Wildman–Crippen MR) is 56.7 cm³/mol. The molecule has 72 valence electrons. The van der Waals surface area contributed by atoms with Crippen LogP contribution in [-0.4, -0.2) is 9.78 Å². The molecule has 0 amide bonds. The highest BCUT2D eigenvalue weighted by molar-refractivity contribution is 9.10. The molecule has 0 aromatic carbocycles. The van der Waals surface area contributed by atoms with E-state index in [-0.39, 0.29) is 0 Å². The maximum Gasteiger partial charge on any atom is 0.0738 e. The Hall–Kier alpha value is -0.310. The minimum atomic E-state index is 0.880. The summed E-state index contributed by atoms with van der Waals surface area (Å²) in [6.45, 7) is 5.29. The van der Waals surface area contributed by atoms with Crippen LogP contribution in [-0.2, 0) is 6.54 Å². The monoisotopic (exact) mass is 242 g/mol. The molecule has 13 heavy (non-hydrogen) atoms. The number of hydrogen-bond donors (Lipinski definition) is 0. The van der Waals surface area contributed by atoms with Crippen LogP contribution in [0.5, 0.6) is 0 Å². The summed E-state index contributed by atoms with van der Waals surface area (Å²) in [4.78, 5) is 0. The van der Waals surface area contributed by atoms with E-state index in [4.69, 9.17) is 0 Å². The normalized spacial score (nSPS) is 17.5. The Balaban J connectivity index is 2.14. The van der Waals surface area contributed by atoms with E-state index < -0.39 is 0 Å². The summed E-state index contributed by atoms with van der Waals surface area (Å²) in [5.41, 5.74) is 2.38. The maximum absolute atomic E-state index is 4.50. The lowest BCUT2D eigenvalue weighted by Crippen LogP contribution is -2.19. The topological polar surface area (TPSA) is 17.8 Å².